The number of rotatable bonds is 4. The van der Waals surface area contributed by atoms with Crippen LogP contribution in [0, 0.1) is 0 Å². The molecule has 0 bridgehead atoms. The standard InChI is InChI=1S/C16H19NO2S/c1-17-14(9-12-5-8-20-11-12)13-3-4-15-16(10-13)19-7-2-6-18-15/h3-5,8,10-11,14,17H,2,6-7,9H2,1H3. The minimum Gasteiger partial charge on any atom is -0.490 e. The van der Waals surface area contributed by atoms with Crippen LogP contribution in [-0.4, -0.2) is 20.3 Å². The number of benzene rings is 1. The van der Waals surface area contributed by atoms with E-state index in [2.05, 4.69) is 34.3 Å². The predicted octanol–water partition coefficient (Wildman–Crippen LogP) is 3.41. The van der Waals surface area contributed by atoms with E-state index in [-0.39, 0.29) is 0 Å². The van der Waals surface area contributed by atoms with Crippen molar-refractivity contribution in [3.63, 3.8) is 0 Å². The third kappa shape index (κ3) is 2.97. The van der Waals surface area contributed by atoms with Gasteiger partial charge < -0.3 is 14.8 Å². The maximum atomic E-state index is 5.77. The van der Waals surface area contributed by atoms with E-state index >= 15 is 0 Å². The lowest BCUT2D eigenvalue weighted by Gasteiger charge is -2.18. The first kappa shape index (κ1) is 13.5. The molecule has 0 fully saturated rings. The monoisotopic (exact) mass is 289 g/mol. The Labute approximate surface area is 123 Å². The fraction of sp³-hybridized carbons (Fsp3) is 0.375. The summed E-state index contributed by atoms with van der Waals surface area (Å²) in [6, 6.07) is 8.73. The Kier molecular flexibility index (Phi) is 4.23. The van der Waals surface area contributed by atoms with Crippen molar-refractivity contribution in [3.8, 4) is 11.5 Å². The molecule has 0 radical (unpaired) electrons. The maximum absolute atomic E-state index is 5.77. The van der Waals surface area contributed by atoms with E-state index in [1.54, 1.807) is 11.3 Å². The van der Waals surface area contributed by atoms with Crippen LogP contribution in [0.25, 0.3) is 0 Å². The molecule has 1 aromatic carbocycles. The summed E-state index contributed by atoms with van der Waals surface area (Å²) in [5, 5.41) is 7.71. The first-order valence-electron chi connectivity index (χ1n) is 6.94. The minimum atomic E-state index is 0.293. The van der Waals surface area contributed by atoms with Crippen molar-refractivity contribution in [2.75, 3.05) is 20.3 Å². The fourth-order valence-electron chi connectivity index (χ4n) is 2.43. The van der Waals surface area contributed by atoms with Gasteiger partial charge in [0.1, 0.15) is 0 Å². The van der Waals surface area contributed by atoms with E-state index in [0.29, 0.717) is 6.04 Å². The lowest BCUT2D eigenvalue weighted by atomic mass is 10.0. The Morgan fingerprint density at radius 3 is 2.80 bits per heavy atom. The predicted molar refractivity (Wildman–Crippen MR) is 81.9 cm³/mol. The van der Waals surface area contributed by atoms with E-state index in [1.165, 1.54) is 11.1 Å². The van der Waals surface area contributed by atoms with Crippen LogP contribution in [0.4, 0.5) is 0 Å². The molecule has 0 saturated heterocycles. The number of fused-ring (bicyclic) bond motifs is 1. The summed E-state index contributed by atoms with van der Waals surface area (Å²) < 4.78 is 11.4. The topological polar surface area (TPSA) is 30.5 Å². The van der Waals surface area contributed by atoms with E-state index < -0.39 is 0 Å². The van der Waals surface area contributed by atoms with Gasteiger partial charge in [0.05, 0.1) is 13.2 Å². The molecule has 20 heavy (non-hydrogen) atoms. The molecule has 3 nitrogen and oxygen atoms in total. The van der Waals surface area contributed by atoms with Gasteiger partial charge in [-0.05, 0) is 53.6 Å². The molecule has 0 amide bonds. The zero-order valence-electron chi connectivity index (χ0n) is 11.6. The molecule has 2 aromatic rings. The van der Waals surface area contributed by atoms with Crippen molar-refractivity contribution < 1.29 is 9.47 Å². The third-order valence-electron chi connectivity index (χ3n) is 3.54. The maximum Gasteiger partial charge on any atom is 0.161 e. The SMILES string of the molecule is CNC(Cc1ccsc1)c1ccc2c(c1)OCCCO2. The van der Waals surface area contributed by atoms with Crippen LogP contribution in [0.1, 0.15) is 23.6 Å². The van der Waals surface area contributed by atoms with Gasteiger partial charge in [0.2, 0.25) is 0 Å². The minimum absolute atomic E-state index is 0.293. The molecule has 0 saturated carbocycles. The molecule has 0 spiro atoms. The fourth-order valence-corrected chi connectivity index (χ4v) is 3.11. The van der Waals surface area contributed by atoms with Crippen LogP contribution in [-0.2, 0) is 6.42 Å². The molecule has 106 valence electrons. The number of ether oxygens (including phenoxy) is 2. The average Bonchev–Trinajstić information content (AvgIpc) is 2.87. The van der Waals surface area contributed by atoms with Gasteiger partial charge in [0.25, 0.3) is 0 Å². The van der Waals surface area contributed by atoms with Gasteiger partial charge in [-0.25, -0.2) is 0 Å². The van der Waals surface area contributed by atoms with Gasteiger partial charge in [0, 0.05) is 12.5 Å². The van der Waals surface area contributed by atoms with Crippen molar-refractivity contribution in [1.29, 1.82) is 0 Å². The normalized spacial score (nSPS) is 15.7. The number of hydrogen-bond acceptors (Lipinski definition) is 4. The first-order valence-corrected chi connectivity index (χ1v) is 7.89. The zero-order valence-corrected chi connectivity index (χ0v) is 12.4. The molecule has 1 N–H and O–H groups in total. The van der Waals surface area contributed by atoms with Gasteiger partial charge in [-0.15, -0.1) is 0 Å². The first-order chi connectivity index (χ1) is 9.86. The van der Waals surface area contributed by atoms with Gasteiger partial charge >= 0.3 is 0 Å². The van der Waals surface area contributed by atoms with E-state index in [9.17, 15) is 0 Å². The molecule has 1 aliphatic rings. The summed E-state index contributed by atoms with van der Waals surface area (Å²) >= 11 is 1.74. The lowest BCUT2D eigenvalue weighted by molar-refractivity contribution is 0.297. The van der Waals surface area contributed by atoms with Crippen LogP contribution in [0.3, 0.4) is 0 Å². The molecule has 4 heteroatoms. The molecule has 0 aliphatic carbocycles. The van der Waals surface area contributed by atoms with Gasteiger partial charge in [-0.1, -0.05) is 6.07 Å². The summed E-state index contributed by atoms with van der Waals surface area (Å²) in [6.45, 7) is 1.46. The van der Waals surface area contributed by atoms with Crippen molar-refractivity contribution >= 4 is 11.3 Å². The van der Waals surface area contributed by atoms with Crippen molar-refractivity contribution in [2.24, 2.45) is 0 Å². The Morgan fingerprint density at radius 2 is 2.05 bits per heavy atom. The molecule has 2 heterocycles. The van der Waals surface area contributed by atoms with Crippen LogP contribution in [0.15, 0.2) is 35.0 Å². The third-order valence-corrected chi connectivity index (χ3v) is 4.27. The van der Waals surface area contributed by atoms with Gasteiger partial charge in [-0.2, -0.15) is 11.3 Å². The van der Waals surface area contributed by atoms with Crippen LogP contribution < -0.4 is 14.8 Å². The number of hydrogen-bond donors (Lipinski definition) is 1. The van der Waals surface area contributed by atoms with Gasteiger partial charge in [-0.3, -0.25) is 0 Å². The highest BCUT2D eigenvalue weighted by Crippen LogP contribution is 2.33. The molecule has 1 aromatic heterocycles. The summed E-state index contributed by atoms with van der Waals surface area (Å²) in [6.07, 6.45) is 1.92. The second-order valence-corrected chi connectivity index (χ2v) is 5.71. The van der Waals surface area contributed by atoms with Crippen LogP contribution in [0.5, 0.6) is 11.5 Å². The summed E-state index contributed by atoms with van der Waals surface area (Å²) in [5.74, 6) is 1.72. The highest BCUT2D eigenvalue weighted by Gasteiger charge is 2.15. The molecule has 1 aliphatic heterocycles. The Balaban J connectivity index is 1.82. The van der Waals surface area contributed by atoms with Gasteiger partial charge in [0.15, 0.2) is 11.5 Å². The van der Waals surface area contributed by atoms with Crippen molar-refractivity contribution in [2.45, 2.75) is 18.9 Å². The highest BCUT2D eigenvalue weighted by molar-refractivity contribution is 7.07. The molecule has 1 unspecified atom stereocenters. The largest absolute Gasteiger partial charge is 0.490 e. The second-order valence-electron chi connectivity index (χ2n) is 4.93. The number of likely N-dealkylation sites (N-methyl/N-ethyl adjacent to an activating group) is 1. The summed E-state index contributed by atoms with van der Waals surface area (Å²) in [4.78, 5) is 0. The van der Waals surface area contributed by atoms with E-state index in [4.69, 9.17) is 9.47 Å². The molecular formula is C16H19NO2S. The Bertz CT molecular complexity index is 554. The van der Waals surface area contributed by atoms with Crippen molar-refractivity contribution in [1.82, 2.24) is 5.32 Å². The van der Waals surface area contributed by atoms with E-state index in [1.807, 2.05) is 13.1 Å². The Morgan fingerprint density at radius 1 is 1.20 bits per heavy atom. The highest BCUT2D eigenvalue weighted by atomic mass is 32.1. The van der Waals surface area contributed by atoms with E-state index in [0.717, 1.165) is 37.6 Å². The quantitative estimate of drug-likeness (QED) is 0.935. The zero-order chi connectivity index (χ0) is 13.8. The summed E-state index contributed by atoms with van der Waals surface area (Å²) in [5.41, 5.74) is 2.60. The Hall–Kier alpha value is -1.52. The van der Waals surface area contributed by atoms with Crippen LogP contribution in [0.2, 0.25) is 0 Å². The smallest absolute Gasteiger partial charge is 0.161 e. The second kappa shape index (κ2) is 6.29. The van der Waals surface area contributed by atoms with Crippen molar-refractivity contribution in [3.05, 3.63) is 46.2 Å². The lowest BCUT2D eigenvalue weighted by Crippen LogP contribution is -2.18. The molecule has 3 rings (SSSR count). The average molecular weight is 289 g/mol. The summed E-state index contributed by atoms with van der Waals surface area (Å²) in [7, 11) is 2.00. The van der Waals surface area contributed by atoms with Crippen LogP contribution >= 0.6 is 11.3 Å². The molecule has 1 atom stereocenters. The molecular weight excluding hydrogens is 270 g/mol. The number of nitrogens with one attached hydrogen (secondary N) is 1. The number of thiophene rings is 1.